The van der Waals surface area contributed by atoms with Gasteiger partial charge in [-0.15, -0.1) is 0 Å². The van der Waals surface area contributed by atoms with Crippen LogP contribution in [0.4, 0.5) is 0 Å². The maximum Gasteiger partial charge on any atom is 0.297 e. The molecule has 0 saturated carbocycles. The predicted octanol–water partition coefficient (Wildman–Crippen LogP) is 10.4. The van der Waals surface area contributed by atoms with Crippen molar-refractivity contribution in [2.75, 3.05) is 13.2 Å². The van der Waals surface area contributed by atoms with Gasteiger partial charge in [0.2, 0.25) is 5.75 Å². The fourth-order valence-corrected chi connectivity index (χ4v) is 5.00. The van der Waals surface area contributed by atoms with Crippen molar-refractivity contribution in [3.8, 4) is 17.2 Å². The van der Waals surface area contributed by atoms with Gasteiger partial charge in [0, 0.05) is 18.0 Å². The highest BCUT2D eigenvalue weighted by molar-refractivity contribution is 5.89. The summed E-state index contributed by atoms with van der Waals surface area (Å²) in [6.45, 7) is 14.4. The van der Waals surface area contributed by atoms with Crippen LogP contribution >= 0.6 is 0 Å². The second-order valence-corrected chi connectivity index (χ2v) is 12.1. The minimum Gasteiger partial charge on any atom is -0.489 e. The molecule has 0 saturated heterocycles. The number of nitrogens with zero attached hydrogens (tertiary/aromatic N) is 1. The molecule has 0 unspecified atom stereocenters. The van der Waals surface area contributed by atoms with Crippen LogP contribution in [0.5, 0.6) is 17.2 Å². The van der Waals surface area contributed by atoms with Gasteiger partial charge in [-0.1, -0.05) is 92.2 Å². The number of rotatable bonds is 19. The third-order valence-corrected chi connectivity index (χ3v) is 7.60. The van der Waals surface area contributed by atoms with Crippen molar-refractivity contribution >= 4 is 10.9 Å². The smallest absolute Gasteiger partial charge is 0.297 e. The number of allylic oxidation sites excluding steroid dienone is 4. The highest BCUT2D eigenvalue weighted by Crippen LogP contribution is 2.35. The van der Waals surface area contributed by atoms with Crippen molar-refractivity contribution < 1.29 is 14.2 Å². The standard InChI is InChI=1S/C39H53NO4/c1-7-8-9-10-11-15-25-40-36-28-34(44-29-33-19-13-12-14-20-33)21-22-35(36)37(42-26-23-31(4)5)38(39(40)41)43-27-24-32(6)18-16-17-30(2)3/h12-14,17,19-24,28H,7-11,15-16,18,25-27,29H2,1-6H3/b32-24+. The molecule has 0 N–H and O–H groups in total. The van der Waals surface area contributed by atoms with Crippen molar-refractivity contribution in [3.05, 3.63) is 99.4 Å². The summed E-state index contributed by atoms with van der Waals surface area (Å²) in [7, 11) is 0. The van der Waals surface area contributed by atoms with Crippen LogP contribution < -0.4 is 19.8 Å². The Morgan fingerprint density at radius 2 is 1.43 bits per heavy atom. The average Bonchev–Trinajstić information content (AvgIpc) is 3.00. The minimum absolute atomic E-state index is 0.158. The van der Waals surface area contributed by atoms with Gasteiger partial charge in [-0.2, -0.15) is 0 Å². The maximum absolute atomic E-state index is 14.2. The molecule has 3 rings (SSSR count). The van der Waals surface area contributed by atoms with Gasteiger partial charge in [-0.05, 0) is 83.7 Å². The van der Waals surface area contributed by atoms with E-state index in [2.05, 4.69) is 39.8 Å². The van der Waals surface area contributed by atoms with Gasteiger partial charge < -0.3 is 18.8 Å². The number of benzene rings is 2. The van der Waals surface area contributed by atoms with E-state index in [-0.39, 0.29) is 11.3 Å². The lowest BCUT2D eigenvalue weighted by Crippen LogP contribution is -2.24. The number of ether oxygens (including phenoxy) is 3. The molecule has 1 heterocycles. The zero-order chi connectivity index (χ0) is 31.7. The van der Waals surface area contributed by atoms with Crippen LogP contribution in [0.2, 0.25) is 0 Å². The monoisotopic (exact) mass is 599 g/mol. The molecule has 1 aromatic heterocycles. The first-order valence-electron chi connectivity index (χ1n) is 16.3. The Bertz CT molecular complexity index is 1450. The summed E-state index contributed by atoms with van der Waals surface area (Å²) in [5, 5.41) is 0.851. The quantitative estimate of drug-likeness (QED) is 0.102. The van der Waals surface area contributed by atoms with E-state index >= 15 is 0 Å². The van der Waals surface area contributed by atoms with E-state index in [0.717, 1.165) is 53.5 Å². The number of fused-ring (bicyclic) bond motifs is 1. The summed E-state index contributed by atoms with van der Waals surface area (Å²) in [4.78, 5) is 14.2. The van der Waals surface area contributed by atoms with E-state index in [1.807, 2.05) is 73.0 Å². The number of aryl methyl sites for hydroxylation is 1. The molecule has 0 aliphatic rings. The van der Waals surface area contributed by atoms with Crippen LogP contribution in [0.3, 0.4) is 0 Å². The van der Waals surface area contributed by atoms with Crippen molar-refractivity contribution in [2.24, 2.45) is 0 Å². The zero-order valence-corrected chi connectivity index (χ0v) is 27.9. The van der Waals surface area contributed by atoms with Crippen molar-refractivity contribution in [3.63, 3.8) is 0 Å². The van der Waals surface area contributed by atoms with Gasteiger partial charge in [-0.3, -0.25) is 4.79 Å². The molecule has 0 amide bonds. The lowest BCUT2D eigenvalue weighted by molar-refractivity contribution is 0.302. The summed E-state index contributed by atoms with van der Waals surface area (Å²) in [6, 6.07) is 16.0. The van der Waals surface area contributed by atoms with Crippen LogP contribution in [0.1, 0.15) is 98.5 Å². The first-order chi connectivity index (χ1) is 21.3. The lowest BCUT2D eigenvalue weighted by atomic mass is 10.1. The molecule has 5 nitrogen and oxygen atoms in total. The number of pyridine rings is 1. The first kappa shape index (κ1) is 34.8. The molecule has 0 bridgehead atoms. The van der Waals surface area contributed by atoms with Gasteiger partial charge in [0.05, 0.1) is 5.52 Å². The fraction of sp³-hybridized carbons (Fsp3) is 0.462. The summed E-state index contributed by atoms with van der Waals surface area (Å²) < 4.78 is 20.6. The predicted molar refractivity (Wildman–Crippen MR) is 185 cm³/mol. The topological polar surface area (TPSA) is 49.7 Å². The Morgan fingerprint density at radius 1 is 0.750 bits per heavy atom. The van der Waals surface area contributed by atoms with Gasteiger partial charge >= 0.3 is 0 Å². The molecule has 5 heteroatoms. The second-order valence-electron chi connectivity index (χ2n) is 12.1. The van der Waals surface area contributed by atoms with Crippen LogP contribution in [0.15, 0.2) is 88.3 Å². The molecular weight excluding hydrogens is 546 g/mol. The summed E-state index contributed by atoms with van der Waals surface area (Å²) >= 11 is 0. The molecular formula is C39H53NO4. The minimum atomic E-state index is -0.158. The molecule has 0 spiro atoms. The SMILES string of the molecule is CCCCCCCCn1c(=O)c(OC/C=C(\C)CCC=C(C)C)c(OCC=C(C)C)c2ccc(OCc3ccccc3)cc21. The molecule has 0 radical (unpaired) electrons. The normalized spacial score (nSPS) is 11.4. The lowest BCUT2D eigenvalue weighted by Gasteiger charge is -2.19. The molecule has 0 aliphatic heterocycles. The van der Waals surface area contributed by atoms with Gasteiger partial charge in [0.15, 0.2) is 5.75 Å². The first-order valence-corrected chi connectivity index (χ1v) is 16.3. The zero-order valence-electron chi connectivity index (χ0n) is 27.9. The fourth-order valence-electron chi connectivity index (χ4n) is 5.00. The van der Waals surface area contributed by atoms with Gasteiger partial charge in [0.25, 0.3) is 5.56 Å². The van der Waals surface area contributed by atoms with Crippen molar-refractivity contribution in [1.82, 2.24) is 4.57 Å². The molecule has 2 aromatic carbocycles. The highest BCUT2D eigenvalue weighted by Gasteiger charge is 2.20. The van der Waals surface area contributed by atoms with E-state index in [1.165, 1.54) is 36.8 Å². The molecule has 0 fully saturated rings. The summed E-state index contributed by atoms with van der Waals surface area (Å²) in [5.74, 6) is 1.49. The molecule has 44 heavy (non-hydrogen) atoms. The Hall–Kier alpha value is -3.73. The number of unbranched alkanes of at least 4 members (excludes halogenated alkanes) is 5. The van der Waals surface area contributed by atoms with E-state index in [9.17, 15) is 4.79 Å². The van der Waals surface area contributed by atoms with Gasteiger partial charge in [0.1, 0.15) is 25.6 Å². The number of aromatic nitrogens is 1. The largest absolute Gasteiger partial charge is 0.489 e. The van der Waals surface area contributed by atoms with Crippen LogP contribution in [-0.4, -0.2) is 17.8 Å². The van der Waals surface area contributed by atoms with Crippen LogP contribution in [0, 0.1) is 0 Å². The third-order valence-electron chi connectivity index (χ3n) is 7.60. The number of hydrogen-bond donors (Lipinski definition) is 0. The Labute approximate surface area is 265 Å². The van der Waals surface area contributed by atoms with E-state index in [1.54, 1.807) is 0 Å². The molecule has 0 atom stereocenters. The average molecular weight is 600 g/mol. The van der Waals surface area contributed by atoms with E-state index in [4.69, 9.17) is 14.2 Å². The second kappa shape index (κ2) is 18.8. The highest BCUT2D eigenvalue weighted by atomic mass is 16.5. The third kappa shape index (κ3) is 11.4. The van der Waals surface area contributed by atoms with Crippen LogP contribution in [0.25, 0.3) is 10.9 Å². The summed E-state index contributed by atoms with van der Waals surface area (Å²) in [6.07, 6.45) is 15.2. The molecule has 238 valence electrons. The van der Waals surface area contributed by atoms with Crippen molar-refractivity contribution in [2.45, 2.75) is 106 Å². The Morgan fingerprint density at radius 3 is 2.16 bits per heavy atom. The van der Waals surface area contributed by atoms with E-state index < -0.39 is 0 Å². The Balaban J connectivity index is 1.99. The van der Waals surface area contributed by atoms with Crippen molar-refractivity contribution in [1.29, 1.82) is 0 Å². The number of hydrogen-bond acceptors (Lipinski definition) is 4. The Kier molecular flexibility index (Phi) is 14.9. The van der Waals surface area contributed by atoms with Gasteiger partial charge in [-0.25, -0.2) is 0 Å². The maximum atomic E-state index is 14.2. The van der Waals surface area contributed by atoms with Crippen LogP contribution in [-0.2, 0) is 13.2 Å². The van der Waals surface area contributed by atoms with E-state index in [0.29, 0.717) is 32.1 Å². The summed E-state index contributed by atoms with van der Waals surface area (Å²) in [5.41, 5.74) is 5.46. The molecule has 3 aromatic rings. The molecule has 0 aliphatic carbocycles.